The standard InChI is InChI=1S/C31H38N4O6/c1-18-16-35(17-19(2)41-18)28(36)23-12-13-24(22-11-9-8-10-21(22)23)32-29(37)33-25-14-20(31(3,4)5)15-26(27(25)39-6)34-30(38)40-7/h8-15,18-19H,16-17H2,1-7H3,(H,34,38)(H2,32,33,37). The number of anilines is 3. The molecular formula is C31H38N4O6. The highest BCUT2D eigenvalue weighted by molar-refractivity contribution is 6.13. The molecule has 4 amide bonds. The number of nitrogens with one attached hydrogen (secondary N) is 3. The summed E-state index contributed by atoms with van der Waals surface area (Å²) < 4.78 is 16.1. The minimum atomic E-state index is -0.660. The third-order valence-corrected chi connectivity index (χ3v) is 6.94. The van der Waals surface area contributed by atoms with E-state index >= 15 is 0 Å². The molecule has 0 saturated carbocycles. The Balaban J connectivity index is 1.64. The number of urea groups is 1. The fraction of sp³-hybridized carbons (Fsp3) is 0.387. The van der Waals surface area contributed by atoms with Crippen LogP contribution in [0.25, 0.3) is 10.8 Å². The monoisotopic (exact) mass is 562 g/mol. The molecule has 10 nitrogen and oxygen atoms in total. The van der Waals surface area contributed by atoms with Crippen molar-refractivity contribution in [3.63, 3.8) is 0 Å². The first-order valence-electron chi connectivity index (χ1n) is 13.5. The summed E-state index contributed by atoms with van der Waals surface area (Å²) >= 11 is 0. The van der Waals surface area contributed by atoms with Gasteiger partial charge in [0.25, 0.3) is 5.91 Å². The van der Waals surface area contributed by atoms with Crippen molar-refractivity contribution in [2.45, 2.75) is 52.2 Å². The Morgan fingerprint density at radius 3 is 2.02 bits per heavy atom. The second kappa shape index (κ2) is 12.1. The maximum atomic E-state index is 13.5. The molecular weight excluding hydrogens is 524 g/mol. The minimum absolute atomic E-state index is 0.0456. The van der Waals surface area contributed by atoms with Gasteiger partial charge in [-0.15, -0.1) is 0 Å². The molecule has 0 bridgehead atoms. The molecule has 2 atom stereocenters. The van der Waals surface area contributed by atoms with E-state index in [1.54, 1.807) is 18.2 Å². The average molecular weight is 563 g/mol. The molecule has 0 aromatic heterocycles. The molecule has 1 aliphatic heterocycles. The van der Waals surface area contributed by atoms with Crippen molar-refractivity contribution in [3.05, 3.63) is 59.7 Å². The predicted octanol–water partition coefficient (Wildman–Crippen LogP) is 6.22. The highest BCUT2D eigenvalue weighted by Gasteiger charge is 2.28. The molecule has 41 heavy (non-hydrogen) atoms. The lowest BCUT2D eigenvalue weighted by Gasteiger charge is -2.35. The third kappa shape index (κ3) is 6.71. The molecule has 1 fully saturated rings. The second-order valence-electron chi connectivity index (χ2n) is 11.2. The molecule has 3 N–H and O–H groups in total. The van der Waals surface area contributed by atoms with Crippen molar-refractivity contribution in [3.8, 4) is 5.75 Å². The van der Waals surface area contributed by atoms with Crippen LogP contribution in [0.5, 0.6) is 5.75 Å². The minimum Gasteiger partial charge on any atom is -0.492 e. The van der Waals surface area contributed by atoms with E-state index in [4.69, 9.17) is 14.2 Å². The first kappa shape index (κ1) is 29.7. The number of morpholine rings is 1. The van der Waals surface area contributed by atoms with Gasteiger partial charge >= 0.3 is 12.1 Å². The van der Waals surface area contributed by atoms with Gasteiger partial charge in [-0.1, -0.05) is 45.0 Å². The topological polar surface area (TPSA) is 118 Å². The van der Waals surface area contributed by atoms with Crippen LogP contribution in [0.15, 0.2) is 48.5 Å². The Morgan fingerprint density at radius 2 is 1.44 bits per heavy atom. The molecule has 3 aromatic rings. The number of hydrogen-bond donors (Lipinski definition) is 3. The summed E-state index contributed by atoms with van der Waals surface area (Å²) in [5.41, 5.74) is 2.40. The van der Waals surface area contributed by atoms with Crippen LogP contribution in [-0.4, -0.2) is 62.4 Å². The van der Waals surface area contributed by atoms with E-state index in [0.717, 1.165) is 16.3 Å². The fourth-order valence-electron chi connectivity index (χ4n) is 5.01. The maximum absolute atomic E-state index is 13.5. The molecule has 218 valence electrons. The number of rotatable bonds is 5. The quantitative estimate of drug-likeness (QED) is 0.340. The number of benzene rings is 3. The van der Waals surface area contributed by atoms with Crippen molar-refractivity contribution in [2.75, 3.05) is 43.3 Å². The van der Waals surface area contributed by atoms with Gasteiger partial charge in [0, 0.05) is 24.0 Å². The lowest BCUT2D eigenvalue weighted by Crippen LogP contribution is -2.48. The van der Waals surface area contributed by atoms with Crippen LogP contribution < -0.4 is 20.7 Å². The van der Waals surface area contributed by atoms with Crippen molar-refractivity contribution in [1.29, 1.82) is 0 Å². The Hall–Kier alpha value is -4.31. The number of nitrogens with zero attached hydrogens (tertiary/aromatic N) is 1. The lowest BCUT2D eigenvalue weighted by molar-refractivity contribution is -0.0585. The molecule has 0 aliphatic carbocycles. The van der Waals surface area contributed by atoms with E-state index in [2.05, 4.69) is 16.0 Å². The summed E-state index contributed by atoms with van der Waals surface area (Å²) in [6, 6.07) is 14.0. The molecule has 10 heteroatoms. The number of methoxy groups -OCH3 is 2. The average Bonchev–Trinajstić information content (AvgIpc) is 2.91. The van der Waals surface area contributed by atoms with E-state index in [1.807, 2.05) is 69.9 Å². The number of ether oxygens (including phenoxy) is 3. The summed E-state index contributed by atoms with van der Waals surface area (Å²) in [5.74, 6) is 0.201. The molecule has 3 aromatic carbocycles. The summed E-state index contributed by atoms with van der Waals surface area (Å²) in [5, 5.41) is 9.89. The summed E-state index contributed by atoms with van der Waals surface area (Å²) in [6.07, 6.45) is -0.752. The molecule has 4 rings (SSSR count). The molecule has 1 heterocycles. The zero-order chi connectivity index (χ0) is 29.9. The van der Waals surface area contributed by atoms with Gasteiger partial charge in [-0.2, -0.15) is 0 Å². The summed E-state index contributed by atoms with van der Waals surface area (Å²) in [7, 11) is 2.73. The van der Waals surface area contributed by atoms with E-state index in [0.29, 0.717) is 35.7 Å². The van der Waals surface area contributed by atoms with Gasteiger partial charge in [-0.05, 0) is 54.5 Å². The summed E-state index contributed by atoms with van der Waals surface area (Å²) in [4.78, 5) is 40.6. The van der Waals surface area contributed by atoms with Crippen LogP contribution in [0.3, 0.4) is 0 Å². The Labute approximate surface area is 240 Å². The van der Waals surface area contributed by atoms with Gasteiger partial charge in [0.1, 0.15) is 0 Å². The molecule has 0 spiro atoms. The van der Waals surface area contributed by atoms with Gasteiger partial charge in [0.15, 0.2) is 5.75 Å². The first-order valence-corrected chi connectivity index (χ1v) is 13.5. The second-order valence-corrected chi connectivity index (χ2v) is 11.2. The van der Waals surface area contributed by atoms with Crippen LogP contribution in [0, 0.1) is 0 Å². The van der Waals surface area contributed by atoms with Crippen molar-refractivity contribution < 1.29 is 28.6 Å². The van der Waals surface area contributed by atoms with Gasteiger partial charge in [-0.3, -0.25) is 10.1 Å². The Bertz CT molecular complexity index is 1450. The van der Waals surface area contributed by atoms with E-state index < -0.39 is 12.1 Å². The van der Waals surface area contributed by atoms with E-state index in [9.17, 15) is 14.4 Å². The largest absolute Gasteiger partial charge is 0.492 e. The van der Waals surface area contributed by atoms with Gasteiger partial charge in [0.2, 0.25) is 0 Å². The zero-order valence-corrected chi connectivity index (χ0v) is 24.6. The van der Waals surface area contributed by atoms with Crippen LogP contribution in [0.4, 0.5) is 26.7 Å². The van der Waals surface area contributed by atoms with Crippen molar-refractivity contribution in [2.24, 2.45) is 0 Å². The van der Waals surface area contributed by atoms with Crippen molar-refractivity contribution in [1.82, 2.24) is 4.90 Å². The highest BCUT2D eigenvalue weighted by atomic mass is 16.5. The normalized spacial score (nSPS) is 17.1. The first-order chi connectivity index (χ1) is 19.4. The van der Waals surface area contributed by atoms with Crippen LogP contribution in [0.2, 0.25) is 0 Å². The number of carbonyl (C=O) groups excluding carboxylic acids is 3. The number of hydrogen-bond acceptors (Lipinski definition) is 6. The van der Waals surface area contributed by atoms with Crippen LogP contribution in [-0.2, 0) is 14.9 Å². The van der Waals surface area contributed by atoms with Gasteiger partial charge < -0.3 is 29.7 Å². The van der Waals surface area contributed by atoms with E-state index in [-0.39, 0.29) is 29.3 Å². The third-order valence-electron chi connectivity index (χ3n) is 6.94. The zero-order valence-electron chi connectivity index (χ0n) is 24.6. The van der Waals surface area contributed by atoms with Crippen LogP contribution in [0.1, 0.15) is 50.5 Å². The molecule has 1 saturated heterocycles. The number of amides is 4. The predicted molar refractivity (Wildman–Crippen MR) is 160 cm³/mol. The SMILES string of the molecule is COC(=O)Nc1cc(C(C)(C)C)cc(NC(=O)Nc2ccc(C(=O)N3CC(C)OC(C)C3)c3ccccc23)c1OC. The fourth-order valence-corrected chi connectivity index (χ4v) is 5.01. The van der Waals surface area contributed by atoms with E-state index in [1.165, 1.54) is 14.2 Å². The van der Waals surface area contributed by atoms with Gasteiger partial charge in [0.05, 0.1) is 43.5 Å². The smallest absolute Gasteiger partial charge is 0.411 e. The van der Waals surface area contributed by atoms with Crippen LogP contribution >= 0.6 is 0 Å². The summed E-state index contributed by atoms with van der Waals surface area (Å²) in [6.45, 7) is 11.0. The highest BCUT2D eigenvalue weighted by Crippen LogP contribution is 2.39. The number of carbonyl (C=O) groups is 3. The molecule has 2 unspecified atom stereocenters. The van der Waals surface area contributed by atoms with Gasteiger partial charge in [-0.25, -0.2) is 9.59 Å². The van der Waals surface area contributed by atoms with Crippen molar-refractivity contribution >= 4 is 45.9 Å². The lowest BCUT2D eigenvalue weighted by atomic mass is 9.86. The molecule has 0 radical (unpaired) electrons. The Kier molecular flexibility index (Phi) is 8.72. The molecule has 1 aliphatic rings. The Morgan fingerprint density at radius 1 is 0.854 bits per heavy atom. The maximum Gasteiger partial charge on any atom is 0.411 e. The number of fused-ring (bicyclic) bond motifs is 1.